The Balaban J connectivity index is 1.93. The number of nitrogens with two attached hydrogens (primary N) is 1. The van der Waals surface area contributed by atoms with Gasteiger partial charge in [-0.1, -0.05) is 35.3 Å². The van der Waals surface area contributed by atoms with E-state index >= 15 is 0 Å². The van der Waals surface area contributed by atoms with Crippen molar-refractivity contribution in [1.29, 1.82) is 0 Å². The highest BCUT2D eigenvalue weighted by Gasteiger charge is 2.19. The van der Waals surface area contributed by atoms with Crippen LogP contribution in [0, 0.1) is 0 Å². The average molecular weight is 390 g/mol. The Morgan fingerprint density at radius 1 is 1.04 bits per heavy atom. The van der Waals surface area contributed by atoms with Gasteiger partial charge in [0.05, 0.1) is 31.5 Å². The van der Waals surface area contributed by atoms with Gasteiger partial charge in [-0.15, -0.1) is 11.3 Å². The molecule has 0 atom stereocenters. The van der Waals surface area contributed by atoms with Gasteiger partial charge >= 0.3 is 0 Å². The molecule has 0 radical (unpaired) electrons. The minimum atomic E-state index is 0.673. The number of unbranched alkanes of at least 4 members (excludes halogenated alkanes) is 1. The van der Waals surface area contributed by atoms with E-state index in [1.807, 2.05) is 30.3 Å². The summed E-state index contributed by atoms with van der Waals surface area (Å²) >= 11 is 14.6. The Kier molecular flexibility index (Phi) is 4.69. The summed E-state index contributed by atoms with van der Waals surface area (Å²) in [7, 11) is 0. The molecule has 0 saturated heterocycles. The molecule has 4 rings (SSSR count). The molecule has 4 aromatic rings. The minimum Gasteiger partial charge on any atom is -0.351 e. The van der Waals surface area contributed by atoms with Crippen molar-refractivity contribution in [3.63, 3.8) is 0 Å². The van der Waals surface area contributed by atoms with Gasteiger partial charge in [-0.25, -0.2) is 4.98 Å². The molecule has 128 valence electrons. The van der Waals surface area contributed by atoms with Crippen molar-refractivity contribution in [3.8, 4) is 10.7 Å². The fourth-order valence-electron chi connectivity index (χ4n) is 3.15. The van der Waals surface area contributed by atoms with Crippen molar-refractivity contribution < 1.29 is 0 Å². The maximum absolute atomic E-state index is 6.51. The Hall–Kier alpha value is -1.59. The van der Waals surface area contributed by atoms with Crippen LogP contribution in [0.2, 0.25) is 10.0 Å². The third kappa shape index (κ3) is 3.04. The summed E-state index contributed by atoms with van der Waals surface area (Å²) in [4.78, 5) is 8.28. The van der Waals surface area contributed by atoms with E-state index in [0.29, 0.717) is 16.6 Å². The van der Waals surface area contributed by atoms with Crippen LogP contribution in [0.1, 0.15) is 18.4 Å². The van der Waals surface area contributed by atoms with Crippen LogP contribution in [0.25, 0.3) is 31.8 Å². The summed E-state index contributed by atoms with van der Waals surface area (Å²) < 4.78 is 1.17. The summed E-state index contributed by atoms with van der Waals surface area (Å²) in [6, 6.07) is 11.8. The SMILES string of the molecule is NCCCCc1c(-c2nc3ccccc3s2)[nH]c2c(Cl)ccc(Cl)c12. The zero-order valence-electron chi connectivity index (χ0n) is 13.5. The van der Waals surface area contributed by atoms with E-state index in [9.17, 15) is 0 Å². The molecule has 0 aliphatic heterocycles. The largest absolute Gasteiger partial charge is 0.351 e. The number of nitrogens with one attached hydrogen (secondary N) is 1. The highest BCUT2D eigenvalue weighted by atomic mass is 35.5. The molecule has 0 aliphatic carbocycles. The number of nitrogens with zero attached hydrogens (tertiary/aromatic N) is 1. The van der Waals surface area contributed by atoms with Gasteiger partial charge in [-0.05, 0) is 55.6 Å². The number of hydrogen-bond donors (Lipinski definition) is 2. The van der Waals surface area contributed by atoms with Crippen LogP contribution in [-0.2, 0) is 6.42 Å². The number of aromatic amines is 1. The lowest BCUT2D eigenvalue weighted by Gasteiger charge is -2.04. The molecule has 2 aromatic carbocycles. The number of para-hydroxylation sites is 1. The summed E-state index contributed by atoms with van der Waals surface area (Å²) in [6.45, 7) is 0.688. The van der Waals surface area contributed by atoms with E-state index in [2.05, 4.69) is 11.1 Å². The monoisotopic (exact) mass is 389 g/mol. The molecule has 0 aliphatic rings. The molecule has 2 aromatic heterocycles. The summed E-state index contributed by atoms with van der Waals surface area (Å²) in [5, 5.41) is 3.35. The van der Waals surface area contributed by atoms with Gasteiger partial charge in [-0.3, -0.25) is 0 Å². The quantitative estimate of drug-likeness (QED) is 0.409. The summed E-state index contributed by atoms with van der Waals surface area (Å²) in [5.74, 6) is 0. The predicted octanol–water partition coefficient (Wildman–Crippen LogP) is 6.03. The Morgan fingerprint density at radius 2 is 1.84 bits per heavy atom. The zero-order chi connectivity index (χ0) is 17.4. The van der Waals surface area contributed by atoms with E-state index < -0.39 is 0 Å². The van der Waals surface area contributed by atoms with Crippen molar-refractivity contribution in [1.82, 2.24) is 9.97 Å². The fraction of sp³-hybridized carbons (Fsp3) is 0.211. The number of aryl methyl sites for hydroxylation is 1. The van der Waals surface area contributed by atoms with E-state index in [1.165, 1.54) is 10.3 Å². The number of halogens is 2. The highest BCUT2D eigenvalue weighted by molar-refractivity contribution is 7.21. The first kappa shape index (κ1) is 16.9. The Labute approximate surface area is 159 Å². The van der Waals surface area contributed by atoms with Crippen molar-refractivity contribution in [2.75, 3.05) is 6.54 Å². The summed E-state index contributed by atoms with van der Waals surface area (Å²) in [6.07, 6.45) is 2.87. The number of thiazole rings is 1. The molecule has 0 amide bonds. The van der Waals surface area contributed by atoms with Gasteiger partial charge in [-0.2, -0.15) is 0 Å². The van der Waals surface area contributed by atoms with Gasteiger partial charge in [0, 0.05) is 5.39 Å². The smallest absolute Gasteiger partial charge is 0.141 e. The molecule has 0 spiro atoms. The van der Waals surface area contributed by atoms with Crippen LogP contribution in [-0.4, -0.2) is 16.5 Å². The molecule has 6 heteroatoms. The van der Waals surface area contributed by atoms with Crippen molar-refractivity contribution in [3.05, 3.63) is 52.0 Å². The van der Waals surface area contributed by atoms with Crippen LogP contribution in [0.4, 0.5) is 0 Å². The molecule has 0 saturated carbocycles. The van der Waals surface area contributed by atoms with Gasteiger partial charge in [0.25, 0.3) is 0 Å². The maximum Gasteiger partial charge on any atom is 0.141 e. The van der Waals surface area contributed by atoms with E-state index in [0.717, 1.165) is 46.4 Å². The van der Waals surface area contributed by atoms with Crippen LogP contribution in [0.5, 0.6) is 0 Å². The molecule has 0 bridgehead atoms. The van der Waals surface area contributed by atoms with Gasteiger partial charge in [0.2, 0.25) is 0 Å². The lowest BCUT2D eigenvalue weighted by Crippen LogP contribution is -1.99. The highest BCUT2D eigenvalue weighted by Crippen LogP contribution is 2.40. The number of aromatic nitrogens is 2. The van der Waals surface area contributed by atoms with Crippen molar-refractivity contribution in [2.24, 2.45) is 5.73 Å². The van der Waals surface area contributed by atoms with Crippen LogP contribution in [0.15, 0.2) is 36.4 Å². The predicted molar refractivity (Wildman–Crippen MR) is 109 cm³/mol. The van der Waals surface area contributed by atoms with E-state index in [1.54, 1.807) is 11.3 Å². The lowest BCUT2D eigenvalue weighted by atomic mass is 10.0. The third-order valence-corrected chi connectivity index (χ3v) is 6.03. The van der Waals surface area contributed by atoms with Crippen LogP contribution >= 0.6 is 34.5 Å². The second-order valence-corrected chi connectivity index (χ2v) is 7.84. The fourth-order valence-corrected chi connectivity index (χ4v) is 4.62. The first-order chi connectivity index (χ1) is 12.2. The zero-order valence-corrected chi connectivity index (χ0v) is 15.8. The molecular weight excluding hydrogens is 373 g/mol. The normalized spacial score (nSPS) is 11.6. The van der Waals surface area contributed by atoms with Crippen LogP contribution in [0.3, 0.4) is 0 Å². The number of benzene rings is 2. The molecular formula is C19H17Cl2N3S. The van der Waals surface area contributed by atoms with Crippen molar-refractivity contribution >= 4 is 55.7 Å². The average Bonchev–Trinajstić information content (AvgIpc) is 3.20. The standard InChI is InChI=1S/C19H17Cl2N3S/c20-12-8-9-13(21)18-16(12)11(5-3-4-10-22)17(24-18)19-23-14-6-1-2-7-15(14)25-19/h1-2,6-9,24H,3-5,10,22H2. The van der Waals surface area contributed by atoms with E-state index in [-0.39, 0.29) is 0 Å². The molecule has 0 fully saturated rings. The first-order valence-corrected chi connectivity index (χ1v) is 9.81. The molecule has 3 N–H and O–H groups in total. The van der Waals surface area contributed by atoms with E-state index in [4.69, 9.17) is 33.9 Å². The second-order valence-electron chi connectivity index (χ2n) is 5.99. The van der Waals surface area contributed by atoms with Gasteiger partial charge in [0.15, 0.2) is 0 Å². The van der Waals surface area contributed by atoms with Crippen molar-refractivity contribution in [2.45, 2.75) is 19.3 Å². The molecule has 25 heavy (non-hydrogen) atoms. The number of rotatable bonds is 5. The van der Waals surface area contributed by atoms with Gasteiger partial charge < -0.3 is 10.7 Å². The third-order valence-electron chi connectivity index (χ3n) is 4.35. The number of fused-ring (bicyclic) bond motifs is 2. The summed E-state index contributed by atoms with van der Waals surface area (Å²) in [5.41, 5.74) is 9.75. The minimum absolute atomic E-state index is 0.673. The maximum atomic E-state index is 6.51. The van der Waals surface area contributed by atoms with Gasteiger partial charge in [0.1, 0.15) is 5.01 Å². The Bertz CT molecular complexity index is 1020. The van der Waals surface area contributed by atoms with Crippen LogP contribution < -0.4 is 5.73 Å². The Morgan fingerprint density at radius 3 is 2.64 bits per heavy atom. The lowest BCUT2D eigenvalue weighted by molar-refractivity contribution is 0.748. The molecule has 2 heterocycles. The number of H-pyrrole nitrogens is 1. The molecule has 0 unspecified atom stereocenters. The topological polar surface area (TPSA) is 54.7 Å². The first-order valence-electron chi connectivity index (χ1n) is 8.23. The second kappa shape index (κ2) is 6.96. The number of hydrogen-bond acceptors (Lipinski definition) is 3. The molecule has 3 nitrogen and oxygen atoms in total.